The van der Waals surface area contributed by atoms with Crippen molar-refractivity contribution in [2.75, 3.05) is 5.75 Å². The molecule has 9 heavy (non-hydrogen) atoms. The second-order valence-electron chi connectivity index (χ2n) is 1.35. The van der Waals surface area contributed by atoms with Gasteiger partial charge in [-0.15, -0.1) is 0 Å². The molecule has 1 atom stereocenters. The minimum absolute atomic E-state index is 0.145. The first kappa shape index (κ1) is 8.27. The van der Waals surface area contributed by atoms with Crippen LogP contribution in [0.4, 0.5) is 0 Å². The van der Waals surface area contributed by atoms with Gasteiger partial charge in [-0.25, -0.2) is 0 Å². The van der Waals surface area contributed by atoms with Gasteiger partial charge in [-0.1, -0.05) is 0 Å². The third kappa shape index (κ3) is 3.82. The molecule has 0 saturated carbocycles. The van der Waals surface area contributed by atoms with Crippen LogP contribution in [0, 0.1) is 10.7 Å². The van der Waals surface area contributed by atoms with E-state index in [-0.39, 0.29) is 5.75 Å². The maximum atomic E-state index is 9.96. The quantitative estimate of drug-likeness (QED) is 0.529. The summed E-state index contributed by atoms with van der Waals surface area (Å²) in [7, 11) is 0. The molecular formula is C4H6N2O2S. The minimum Gasteiger partial charge on any atom is -0.480 e. The fraction of sp³-hybridized carbons (Fsp3) is 0.500. The van der Waals surface area contributed by atoms with Crippen molar-refractivity contribution in [1.29, 1.82) is 5.26 Å². The van der Waals surface area contributed by atoms with Crippen molar-refractivity contribution in [3.05, 3.63) is 0 Å². The number of carbonyl (C=O) groups is 1. The number of aliphatic carboxylic acids is 1. The highest BCUT2D eigenvalue weighted by Gasteiger charge is 2.09. The molecule has 0 saturated heterocycles. The van der Waals surface area contributed by atoms with Gasteiger partial charge in [0.2, 0.25) is 0 Å². The molecule has 0 fully saturated rings. The fourth-order valence-electron chi connectivity index (χ4n) is 0.198. The Labute approximate surface area is 56.6 Å². The summed E-state index contributed by atoms with van der Waals surface area (Å²) in [6, 6.07) is -0.922. The van der Waals surface area contributed by atoms with Crippen LogP contribution in [0.1, 0.15) is 0 Å². The SMILES string of the molecule is N#CSC[C@H](N)C(=O)O. The molecule has 0 amide bonds. The predicted molar refractivity (Wildman–Crippen MR) is 33.7 cm³/mol. The summed E-state index contributed by atoms with van der Waals surface area (Å²) in [6.07, 6.45) is 0. The Morgan fingerprint density at radius 2 is 2.56 bits per heavy atom. The first-order valence-corrected chi connectivity index (χ1v) is 3.16. The Morgan fingerprint density at radius 3 is 2.89 bits per heavy atom. The lowest BCUT2D eigenvalue weighted by molar-refractivity contribution is -0.137. The molecular weight excluding hydrogens is 140 g/mol. The standard InChI is InChI=1S/C4H6N2O2S/c5-2-9-1-3(6)4(7)8/h3H,1,6H2,(H,7,8)/t3-/m0/s1. The van der Waals surface area contributed by atoms with Crippen LogP contribution in [0.2, 0.25) is 0 Å². The number of nitrogens with zero attached hydrogens (tertiary/aromatic N) is 1. The van der Waals surface area contributed by atoms with Gasteiger partial charge in [0.05, 0.1) is 0 Å². The van der Waals surface area contributed by atoms with Crippen LogP contribution in [0.5, 0.6) is 0 Å². The third-order valence-electron chi connectivity index (χ3n) is 0.645. The molecule has 0 spiro atoms. The van der Waals surface area contributed by atoms with Crippen molar-refractivity contribution in [2.24, 2.45) is 5.73 Å². The molecule has 5 heteroatoms. The molecule has 0 radical (unpaired) electrons. The minimum atomic E-state index is -1.07. The summed E-state index contributed by atoms with van der Waals surface area (Å²) in [5.74, 6) is -0.927. The van der Waals surface area contributed by atoms with E-state index < -0.39 is 12.0 Å². The number of thiocyanates is 1. The molecule has 4 nitrogen and oxygen atoms in total. The molecule has 0 unspecified atom stereocenters. The van der Waals surface area contributed by atoms with Crippen molar-refractivity contribution < 1.29 is 9.90 Å². The van der Waals surface area contributed by atoms with Crippen LogP contribution in [-0.4, -0.2) is 22.9 Å². The van der Waals surface area contributed by atoms with E-state index in [1.54, 1.807) is 5.40 Å². The molecule has 3 N–H and O–H groups in total. The van der Waals surface area contributed by atoms with E-state index in [0.29, 0.717) is 0 Å². The van der Waals surface area contributed by atoms with E-state index in [1.807, 2.05) is 0 Å². The number of carboxylic acids is 1. The van der Waals surface area contributed by atoms with E-state index in [9.17, 15) is 4.79 Å². The average molecular weight is 146 g/mol. The van der Waals surface area contributed by atoms with E-state index in [2.05, 4.69) is 0 Å². The number of nitrogens with two attached hydrogens (primary N) is 1. The Morgan fingerprint density at radius 1 is 2.00 bits per heavy atom. The van der Waals surface area contributed by atoms with Gasteiger partial charge in [-0.05, 0) is 11.8 Å². The molecule has 0 heterocycles. The third-order valence-corrected chi connectivity index (χ3v) is 1.30. The van der Waals surface area contributed by atoms with Crippen LogP contribution in [-0.2, 0) is 4.79 Å². The summed E-state index contributed by atoms with van der Waals surface area (Å²) in [4.78, 5) is 9.96. The Bertz CT molecular complexity index is 142. The summed E-state index contributed by atoms with van der Waals surface area (Å²) >= 11 is 0.844. The Balaban J connectivity index is 3.41. The highest BCUT2D eigenvalue weighted by Crippen LogP contribution is 1.97. The number of rotatable bonds is 3. The molecule has 0 aromatic carbocycles. The number of thioether (sulfide) groups is 1. The monoisotopic (exact) mass is 146 g/mol. The van der Waals surface area contributed by atoms with Crippen molar-refractivity contribution in [3.8, 4) is 5.40 Å². The Hall–Kier alpha value is -0.730. The number of hydrogen-bond acceptors (Lipinski definition) is 4. The zero-order valence-corrected chi connectivity index (χ0v) is 5.39. The topological polar surface area (TPSA) is 87.1 Å². The smallest absolute Gasteiger partial charge is 0.321 e. The number of carboxylic acid groups (broad SMARTS) is 1. The van der Waals surface area contributed by atoms with Gasteiger partial charge in [-0.3, -0.25) is 4.79 Å². The maximum absolute atomic E-state index is 9.96. The number of nitriles is 1. The normalized spacial score (nSPS) is 12.0. The zero-order chi connectivity index (χ0) is 7.28. The predicted octanol–water partition coefficient (Wildman–Crippen LogP) is -0.387. The summed E-state index contributed by atoms with van der Waals surface area (Å²) in [5.41, 5.74) is 5.03. The summed E-state index contributed by atoms with van der Waals surface area (Å²) < 4.78 is 0. The van der Waals surface area contributed by atoms with Crippen molar-refractivity contribution in [2.45, 2.75) is 6.04 Å². The van der Waals surface area contributed by atoms with Crippen molar-refractivity contribution in [1.82, 2.24) is 0 Å². The van der Waals surface area contributed by atoms with Crippen LogP contribution in [0.3, 0.4) is 0 Å². The first-order valence-electron chi connectivity index (χ1n) is 2.17. The van der Waals surface area contributed by atoms with Gasteiger partial charge in [0.15, 0.2) is 0 Å². The van der Waals surface area contributed by atoms with Gasteiger partial charge in [0.25, 0.3) is 0 Å². The second-order valence-corrected chi connectivity index (χ2v) is 2.15. The van der Waals surface area contributed by atoms with E-state index in [4.69, 9.17) is 16.1 Å². The molecule has 0 aromatic heterocycles. The average Bonchev–Trinajstić information content (AvgIpc) is 1.82. The first-order chi connectivity index (χ1) is 4.18. The van der Waals surface area contributed by atoms with Gasteiger partial charge >= 0.3 is 5.97 Å². The van der Waals surface area contributed by atoms with Gasteiger partial charge in [0, 0.05) is 5.75 Å². The van der Waals surface area contributed by atoms with Gasteiger partial charge < -0.3 is 10.8 Å². The molecule has 0 aromatic rings. The lowest BCUT2D eigenvalue weighted by atomic mass is 10.4. The van der Waals surface area contributed by atoms with Crippen LogP contribution in [0.25, 0.3) is 0 Å². The van der Waals surface area contributed by atoms with Crippen molar-refractivity contribution >= 4 is 17.7 Å². The molecule has 0 bridgehead atoms. The fourth-order valence-corrected chi connectivity index (χ4v) is 0.595. The second kappa shape index (κ2) is 4.18. The lowest BCUT2D eigenvalue weighted by Gasteiger charge is -1.98. The Kier molecular flexibility index (Phi) is 3.84. The van der Waals surface area contributed by atoms with E-state index in [1.165, 1.54) is 0 Å². The van der Waals surface area contributed by atoms with Crippen LogP contribution < -0.4 is 5.73 Å². The zero-order valence-electron chi connectivity index (χ0n) is 4.57. The van der Waals surface area contributed by atoms with E-state index in [0.717, 1.165) is 11.8 Å². The highest BCUT2D eigenvalue weighted by molar-refractivity contribution is 8.03. The van der Waals surface area contributed by atoms with Crippen LogP contribution >= 0.6 is 11.8 Å². The number of hydrogen-bond donors (Lipinski definition) is 2. The maximum Gasteiger partial charge on any atom is 0.321 e. The molecule has 0 aliphatic heterocycles. The van der Waals surface area contributed by atoms with Gasteiger partial charge in [-0.2, -0.15) is 5.26 Å². The molecule has 0 aliphatic rings. The van der Waals surface area contributed by atoms with Gasteiger partial charge in [0.1, 0.15) is 11.4 Å². The lowest BCUT2D eigenvalue weighted by Crippen LogP contribution is -2.32. The molecule has 50 valence electrons. The molecule has 0 aliphatic carbocycles. The highest BCUT2D eigenvalue weighted by atomic mass is 32.2. The van der Waals surface area contributed by atoms with E-state index >= 15 is 0 Å². The van der Waals surface area contributed by atoms with Crippen molar-refractivity contribution in [3.63, 3.8) is 0 Å². The summed E-state index contributed by atoms with van der Waals surface area (Å²) in [6.45, 7) is 0. The van der Waals surface area contributed by atoms with Crippen LogP contribution in [0.15, 0.2) is 0 Å². The summed E-state index contributed by atoms with van der Waals surface area (Å²) in [5, 5.41) is 17.8. The molecule has 0 rings (SSSR count). The largest absolute Gasteiger partial charge is 0.480 e.